The summed E-state index contributed by atoms with van der Waals surface area (Å²) >= 11 is 5.97. The molecular formula is C26H24ClNO4. The Morgan fingerprint density at radius 2 is 1.69 bits per heavy atom. The summed E-state index contributed by atoms with van der Waals surface area (Å²) in [4.78, 5) is 27.5. The lowest BCUT2D eigenvalue weighted by molar-refractivity contribution is -0.140. The van der Waals surface area contributed by atoms with E-state index in [1.54, 1.807) is 36.4 Å². The maximum atomic E-state index is 13.1. The van der Waals surface area contributed by atoms with Crippen LogP contribution in [0.25, 0.3) is 5.76 Å². The van der Waals surface area contributed by atoms with Crippen molar-refractivity contribution >= 4 is 29.1 Å². The molecule has 0 saturated carbocycles. The Kier molecular flexibility index (Phi) is 5.70. The largest absolute Gasteiger partial charge is 0.507 e. The van der Waals surface area contributed by atoms with Crippen molar-refractivity contribution in [2.45, 2.75) is 38.8 Å². The summed E-state index contributed by atoms with van der Waals surface area (Å²) in [5, 5.41) is 11.6. The van der Waals surface area contributed by atoms with Gasteiger partial charge in [-0.15, -0.1) is 0 Å². The topological polar surface area (TPSA) is 70.8 Å². The van der Waals surface area contributed by atoms with Crippen LogP contribution in [0, 0.1) is 0 Å². The number of benzene rings is 2. The Balaban J connectivity index is 1.85. The van der Waals surface area contributed by atoms with Gasteiger partial charge in [0, 0.05) is 10.6 Å². The average molecular weight is 450 g/mol. The number of Topliss-reactive ketones (excluding diaryl/α,β-unsaturated/α-hetero) is 1. The molecule has 3 aromatic rings. The lowest BCUT2D eigenvalue weighted by Crippen LogP contribution is -2.29. The van der Waals surface area contributed by atoms with Crippen LogP contribution in [0.15, 0.2) is 76.9 Å². The molecule has 2 heterocycles. The molecule has 0 aliphatic carbocycles. The number of rotatable bonds is 4. The van der Waals surface area contributed by atoms with E-state index in [4.69, 9.17) is 16.0 Å². The first-order chi connectivity index (χ1) is 15.2. The van der Waals surface area contributed by atoms with Gasteiger partial charge in [0.05, 0.1) is 24.4 Å². The molecule has 1 aliphatic heterocycles. The SMILES string of the molecule is CC(C)(C)c1ccc([C@H]2C(=C(O)c3ccc(Cl)cc3)C(=O)C(=O)N2Cc2ccco2)cc1. The molecule has 5 nitrogen and oxygen atoms in total. The Morgan fingerprint density at radius 3 is 2.25 bits per heavy atom. The highest BCUT2D eigenvalue weighted by Gasteiger charge is 2.46. The van der Waals surface area contributed by atoms with Gasteiger partial charge in [0.1, 0.15) is 11.5 Å². The van der Waals surface area contributed by atoms with Gasteiger partial charge in [-0.2, -0.15) is 0 Å². The molecule has 0 spiro atoms. The van der Waals surface area contributed by atoms with Gasteiger partial charge < -0.3 is 14.4 Å². The van der Waals surface area contributed by atoms with E-state index in [1.165, 1.54) is 11.2 Å². The van der Waals surface area contributed by atoms with E-state index in [0.29, 0.717) is 16.3 Å². The van der Waals surface area contributed by atoms with Crippen LogP contribution in [0.5, 0.6) is 0 Å². The fourth-order valence-electron chi connectivity index (χ4n) is 3.89. The molecular weight excluding hydrogens is 426 g/mol. The van der Waals surface area contributed by atoms with E-state index in [2.05, 4.69) is 20.8 Å². The van der Waals surface area contributed by atoms with Crippen molar-refractivity contribution in [2.75, 3.05) is 0 Å². The molecule has 1 N–H and O–H groups in total. The van der Waals surface area contributed by atoms with Gasteiger partial charge >= 0.3 is 0 Å². The normalized spacial score (nSPS) is 18.4. The zero-order chi connectivity index (χ0) is 23.0. The van der Waals surface area contributed by atoms with Gasteiger partial charge in [-0.3, -0.25) is 9.59 Å². The fourth-order valence-corrected chi connectivity index (χ4v) is 4.01. The van der Waals surface area contributed by atoms with Crippen LogP contribution in [0.4, 0.5) is 0 Å². The van der Waals surface area contributed by atoms with Gasteiger partial charge in [0.15, 0.2) is 0 Å². The van der Waals surface area contributed by atoms with Crippen LogP contribution in [0.1, 0.15) is 49.3 Å². The van der Waals surface area contributed by atoms with Crippen molar-refractivity contribution in [3.8, 4) is 0 Å². The number of ketones is 1. The number of likely N-dealkylation sites (tertiary alicyclic amines) is 1. The minimum Gasteiger partial charge on any atom is -0.507 e. The molecule has 32 heavy (non-hydrogen) atoms. The number of carbonyl (C=O) groups excluding carboxylic acids is 2. The number of hydrogen-bond donors (Lipinski definition) is 1. The molecule has 2 aromatic carbocycles. The highest BCUT2D eigenvalue weighted by molar-refractivity contribution is 6.46. The summed E-state index contributed by atoms with van der Waals surface area (Å²) in [5.41, 5.74) is 2.29. The van der Waals surface area contributed by atoms with E-state index in [0.717, 1.165) is 11.1 Å². The van der Waals surface area contributed by atoms with E-state index in [9.17, 15) is 14.7 Å². The standard InChI is InChI=1S/C26H24ClNO4/c1-26(2,3)18-10-6-16(7-11-18)22-21(23(29)17-8-12-19(27)13-9-17)24(30)25(31)28(22)15-20-5-4-14-32-20/h4-14,22,29H,15H2,1-3H3/t22-/m0/s1. The minimum atomic E-state index is -0.746. The smallest absolute Gasteiger partial charge is 0.296 e. The number of aliphatic hydroxyl groups excluding tert-OH is 1. The molecule has 0 unspecified atom stereocenters. The number of furan rings is 1. The highest BCUT2D eigenvalue weighted by atomic mass is 35.5. The van der Waals surface area contributed by atoms with Gasteiger partial charge in [-0.05, 0) is 52.9 Å². The van der Waals surface area contributed by atoms with Gasteiger partial charge in [0.2, 0.25) is 0 Å². The molecule has 1 saturated heterocycles. The average Bonchev–Trinajstić information content (AvgIpc) is 3.36. The molecule has 0 bridgehead atoms. The van der Waals surface area contributed by atoms with E-state index in [1.807, 2.05) is 24.3 Å². The predicted molar refractivity (Wildman–Crippen MR) is 123 cm³/mol. The van der Waals surface area contributed by atoms with Gasteiger partial charge in [-0.25, -0.2) is 0 Å². The van der Waals surface area contributed by atoms with E-state index < -0.39 is 17.7 Å². The maximum absolute atomic E-state index is 13.1. The van der Waals surface area contributed by atoms with Crippen molar-refractivity contribution in [3.05, 3.63) is 100.0 Å². The third-order valence-electron chi connectivity index (χ3n) is 5.66. The number of carbonyl (C=O) groups is 2. The summed E-state index contributed by atoms with van der Waals surface area (Å²) in [6, 6.07) is 17.0. The number of hydrogen-bond acceptors (Lipinski definition) is 4. The van der Waals surface area contributed by atoms with Crippen molar-refractivity contribution < 1.29 is 19.1 Å². The van der Waals surface area contributed by atoms with Crippen LogP contribution in [-0.4, -0.2) is 21.7 Å². The molecule has 0 radical (unpaired) electrons. The first-order valence-electron chi connectivity index (χ1n) is 10.3. The molecule has 1 fully saturated rings. The van der Waals surface area contributed by atoms with Gasteiger partial charge in [-0.1, -0.05) is 56.6 Å². The summed E-state index contributed by atoms with van der Waals surface area (Å²) in [6.45, 7) is 6.46. The molecule has 1 aromatic heterocycles. The van der Waals surface area contributed by atoms with E-state index >= 15 is 0 Å². The summed E-state index contributed by atoms with van der Waals surface area (Å²) in [5.74, 6) is -1.09. The summed E-state index contributed by atoms with van der Waals surface area (Å²) in [7, 11) is 0. The Hall–Kier alpha value is -3.31. The molecule has 164 valence electrons. The first-order valence-corrected chi connectivity index (χ1v) is 10.7. The van der Waals surface area contributed by atoms with Crippen molar-refractivity contribution in [3.63, 3.8) is 0 Å². The molecule has 1 amide bonds. The fraction of sp³-hybridized carbons (Fsp3) is 0.231. The molecule has 1 aliphatic rings. The number of nitrogens with zero attached hydrogens (tertiary/aromatic N) is 1. The number of amides is 1. The first kappa shape index (κ1) is 21.9. The summed E-state index contributed by atoms with van der Waals surface area (Å²) < 4.78 is 5.42. The maximum Gasteiger partial charge on any atom is 0.296 e. The lowest BCUT2D eigenvalue weighted by Gasteiger charge is -2.26. The van der Waals surface area contributed by atoms with Crippen LogP contribution in [0.3, 0.4) is 0 Å². The van der Waals surface area contributed by atoms with Crippen LogP contribution >= 0.6 is 11.6 Å². The van der Waals surface area contributed by atoms with Crippen LogP contribution in [-0.2, 0) is 21.5 Å². The zero-order valence-electron chi connectivity index (χ0n) is 18.1. The third kappa shape index (κ3) is 4.08. The third-order valence-corrected chi connectivity index (χ3v) is 5.91. The molecule has 4 rings (SSSR count). The summed E-state index contributed by atoms with van der Waals surface area (Å²) in [6.07, 6.45) is 1.52. The monoisotopic (exact) mass is 449 g/mol. The van der Waals surface area contributed by atoms with Crippen molar-refractivity contribution in [1.82, 2.24) is 4.90 Å². The predicted octanol–water partition coefficient (Wildman–Crippen LogP) is 5.85. The number of halogens is 1. The van der Waals surface area contributed by atoms with Crippen molar-refractivity contribution in [1.29, 1.82) is 0 Å². The second-order valence-corrected chi connectivity index (χ2v) is 9.32. The number of aliphatic hydroxyl groups is 1. The quantitative estimate of drug-likeness (QED) is 0.308. The lowest BCUT2D eigenvalue weighted by atomic mass is 9.85. The highest BCUT2D eigenvalue weighted by Crippen LogP contribution is 2.41. The Morgan fingerprint density at radius 1 is 1.03 bits per heavy atom. The molecule has 1 atom stereocenters. The molecule has 6 heteroatoms. The Bertz CT molecular complexity index is 1170. The van der Waals surface area contributed by atoms with Crippen molar-refractivity contribution in [2.24, 2.45) is 0 Å². The van der Waals surface area contributed by atoms with Gasteiger partial charge in [0.25, 0.3) is 11.7 Å². The second-order valence-electron chi connectivity index (χ2n) is 8.89. The Labute approximate surface area is 191 Å². The zero-order valence-corrected chi connectivity index (χ0v) is 18.9. The minimum absolute atomic E-state index is 0.0438. The van der Waals surface area contributed by atoms with Crippen LogP contribution < -0.4 is 0 Å². The van der Waals surface area contributed by atoms with Crippen LogP contribution in [0.2, 0.25) is 5.02 Å². The van der Waals surface area contributed by atoms with E-state index in [-0.39, 0.29) is 23.3 Å². The second kappa shape index (κ2) is 8.32.